The van der Waals surface area contributed by atoms with E-state index in [9.17, 15) is 19.5 Å². The number of hydrogen-bond donors (Lipinski definition) is 1. The third-order valence-corrected chi connectivity index (χ3v) is 6.25. The van der Waals surface area contributed by atoms with Gasteiger partial charge in [0.2, 0.25) is 5.91 Å². The van der Waals surface area contributed by atoms with Crippen molar-refractivity contribution < 1.29 is 29.0 Å². The van der Waals surface area contributed by atoms with Gasteiger partial charge in [-0.1, -0.05) is 29.8 Å². The number of amides is 3. The Kier molecular flexibility index (Phi) is 9.30. The average Bonchev–Trinajstić information content (AvgIpc) is 2.84. The van der Waals surface area contributed by atoms with Crippen LogP contribution in [0.1, 0.15) is 31.4 Å². The molecule has 0 radical (unpaired) electrons. The van der Waals surface area contributed by atoms with Crippen LogP contribution in [-0.2, 0) is 9.59 Å². The molecule has 0 saturated carbocycles. The Bertz CT molecular complexity index is 1140. The number of hydrogen-bond acceptors (Lipinski definition) is 5. The van der Waals surface area contributed by atoms with Crippen LogP contribution in [0.25, 0.3) is 0 Å². The number of ether oxygens (including phenoxy) is 2. The zero-order valence-electron chi connectivity index (χ0n) is 20.5. The van der Waals surface area contributed by atoms with Crippen molar-refractivity contribution in [3.8, 4) is 11.5 Å². The molecule has 0 saturated heterocycles. The number of carbonyl (C=O) groups excluding carboxylic acids is 2. The van der Waals surface area contributed by atoms with Crippen LogP contribution in [0.2, 0.25) is 5.02 Å². The number of methoxy groups -OCH3 is 1. The third kappa shape index (κ3) is 6.75. The molecule has 2 aromatic rings. The fourth-order valence-electron chi connectivity index (χ4n) is 4.16. The minimum absolute atomic E-state index is 0.105. The summed E-state index contributed by atoms with van der Waals surface area (Å²) in [6.07, 6.45) is 0.634. The summed E-state index contributed by atoms with van der Waals surface area (Å²) >= 11 is 6.15. The number of carbonyl (C=O) groups is 3. The topological polar surface area (TPSA) is 109 Å². The van der Waals surface area contributed by atoms with Crippen LogP contribution in [0.4, 0.5) is 4.79 Å². The first-order chi connectivity index (χ1) is 17.2. The van der Waals surface area contributed by atoms with Gasteiger partial charge in [-0.25, -0.2) is 9.79 Å². The lowest BCUT2D eigenvalue weighted by atomic mass is 9.87. The molecule has 3 amide bonds. The number of benzene rings is 2. The van der Waals surface area contributed by atoms with Crippen LogP contribution >= 0.6 is 11.6 Å². The molecule has 36 heavy (non-hydrogen) atoms. The maximum Gasteiger partial charge on any atom is 0.344 e. The zero-order chi connectivity index (χ0) is 26.2. The Hall–Kier alpha value is -3.59. The molecule has 0 aliphatic carbocycles. The Morgan fingerprint density at radius 2 is 1.89 bits per heavy atom. The molecule has 1 aliphatic rings. The molecule has 1 aliphatic heterocycles. The number of rotatable bonds is 11. The fourth-order valence-corrected chi connectivity index (χ4v) is 4.36. The van der Waals surface area contributed by atoms with Crippen LogP contribution in [0.5, 0.6) is 11.5 Å². The van der Waals surface area contributed by atoms with Gasteiger partial charge in [0.05, 0.1) is 26.2 Å². The van der Waals surface area contributed by atoms with E-state index in [1.807, 2.05) is 0 Å². The van der Waals surface area contributed by atoms with Crippen molar-refractivity contribution in [1.29, 1.82) is 0 Å². The largest absolute Gasteiger partial charge is 0.497 e. The second kappa shape index (κ2) is 12.4. The minimum Gasteiger partial charge on any atom is -0.497 e. The van der Waals surface area contributed by atoms with E-state index in [2.05, 4.69) is 4.99 Å². The number of nitrogens with zero attached hydrogens (tertiary/aromatic N) is 3. The van der Waals surface area contributed by atoms with E-state index in [0.717, 1.165) is 0 Å². The van der Waals surface area contributed by atoms with Crippen LogP contribution in [0.15, 0.2) is 53.5 Å². The van der Waals surface area contributed by atoms with E-state index in [4.69, 9.17) is 21.1 Å². The Morgan fingerprint density at radius 1 is 1.17 bits per heavy atom. The highest BCUT2D eigenvalue weighted by Crippen LogP contribution is 2.35. The molecule has 3 rings (SSSR count). The summed E-state index contributed by atoms with van der Waals surface area (Å²) in [7, 11) is 3.25. The monoisotopic (exact) mass is 515 g/mol. The fraction of sp³-hybridized carbons (Fsp3) is 0.385. The Morgan fingerprint density at radius 3 is 2.58 bits per heavy atom. The lowest BCUT2D eigenvalue weighted by Crippen LogP contribution is -2.47. The minimum atomic E-state index is -1.07. The normalized spacial score (nSPS) is 17.4. The highest BCUT2D eigenvalue weighted by Gasteiger charge is 2.42. The zero-order valence-corrected chi connectivity index (χ0v) is 21.3. The molecule has 2 atom stereocenters. The summed E-state index contributed by atoms with van der Waals surface area (Å²) in [5.41, 5.74) is 0.869. The smallest absolute Gasteiger partial charge is 0.344 e. The highest BCUT2D eigenvalue weighted by atomic mass is 35.5. The third-order valence-electron chi connectivity index (χ3n) is 6.02. The van der Waals surface area contributed by atoms with Crippen molar-refractivity contribution >= 4 is 35.2 Å². The molecule has 0 spiro atoms. The lowest BCUT2D eigenvalue weighted by molar-refractivity contribution is -0.141. The molecular weight excluding hydrogens is 486 g/mol. The molecule has 192 valence electrons. The van der Waals surface area contributed by atoms with E-state index in [0.29, 0.717) is 35.1 Å². The molecule has 2 unspecified atom stereocenters. The summed E-state index contributed by atoms with van der Waals surface area (Å²) in [4.78, 5) is 44.4. The molecule has 1 heterocycles. The van der Waals surface area contributed by atoms with E-state index < -0.39 is 24.0 Å². The summed E-state index contributed by atoms with van der Waals surface area (Å²) in [5.74, 6) is -0.879. The van der Waals surface area contributed by atoms with Gasteiger partial charge in [-0.15, -0.1) is 0 Å². The SMILES string of the molecule is COc1cccc(OCCC(=O)N(C)CCCN2C(=O)N=C(C)C(C(=O)O)C2c2cccc(Cl)c2)c1. The maximum atomic E-state index is 12.8. The van der Waals surface area contributed by atoms with Gasteiger partial charge in [-0.3, -0.25) is 9.59 Å². The first-order valence-corrected chi connectivity index (χ1v) is 11.9. The van der Waals surface area contributed by atoms with Crippen molar-refractivity contribution in [2.24, 2.45) is 10.9 Å². The van der Waals surface area contributed by atoms with Gasteiger partial charge in [0.1, 0.15) is 17.4 Å². The van der Waals surface area contributed by atoms with Gasteiger partial charge in [0, 0.05) is 36.9 Å². The molecule has 0 aromatic heterocycles. The number of carboxylic acids is 1. The summed E-state index contributed by atoms with van der Waals surface area (Å²) in [5, 5.41) is 10.3. The molecular formula is C26H30ClN3O6. The summed E-state index contributed by atoms with van der Waals surface area (Å²) < 4.78 is 10.8. The number of aliphatic imine (C=N–C) groups is 1. The highest BCUT2D eigenvalue weighted by molar-refractivity contribution is 6.30. The van der Waals surface area contributed by atoms with Crippen molar-refractivity contribution in [3.05, 3.63) is 59.1 Å². The van der Waals surface area contributed by atoms with Crippen LogP contribution in [-0.4, -0.2) is 72.4 Å². The van der Waals surface area contributed by atoms with E-state index in [1.54, 1.807) is 74.5 Å². The van der Waals surface area contributed by atoms with E-state index >= 15 is 0 Å². The molecule has 1 N–H and O–H groups in total. The second-order valence-corrected chi connectivity index (χ2v) is 8.93. The van der Waals surface area contributed by atoms with Crippen molar-refractivity contribution in [2.75, 3.05) is 33.9 Å². The van der Waals surface area contributed by atoms with Crippen LogP contribution < -0.4 is 9.47 Å². The van der Waals surface area contributed by atoms with Crippen molar-refractivity contribution in [2.45, 2.75) is 25.8 Å². The molecule has 2 aromatic carbocycles. The standard InChI is InChI=1S/C26H30ClN3O6/c1-17-23(25(32)33)24(18-7-4-8-19(27)15-18)30(26(34)28-17)13-6-12-29(2)22(31)11-14-36-21-10-5-9-20(16-21)35-3/h4-5,7-10,15-16,23-24H,6,11-14H2,1-3H3,(H,32,33). The first-order valence-electron chi connectivity index (χ1n) is 11.6. The van der Waals surface area contributed by atoms with Gasteiger partial charge >= 0.3 is 12.0 Å². The van der Waals surface area contributed by atoms with Gasteiger partial charge < -0.3 is 24.4 Å². The van der Waals surface area contributed by atoms with E-state index in [1.165, 1.54) is 4.90 Å². The van der Waals surface area contributed by atoms with Gasteiger partial charge in [0.15, 0.2) is 0 Å². The Balaban J connectivity index is 1.59. The van der Waals surface area contributed by atoms with Gasteiger partial charge in [0.25, 0.3) is 0 Å². The van der Waals surface area contributed by atoms with Gasteiger partial charge in [-0.05, 0) is 43.2 Å². The Labute approximate surface area is 215 Å². The molecule has 0 fully saturated rings. The number of urea groups is 1. The average molecular weight is 516 g/mol. The quantitative estimate of drug-likeness (QED) is 0.478. The summed E-state index contributed by atoms with van der Waals surface area (Å²) in [6.45, 7) is 2.37. The number of aliphatic carboxylic acids is 1. The predicted octanol–water partition coefficient (Wildman–Crippen LogP) is 4.30. The predicted molar refractivity (Wildman–Crippen MR) is 136 cm³/mol. The van der Waals surface area contributed by atoms with Gasteiger partial charge in [-0.2, -0.15) is 0 Å². The number of halogens is 1. The van der Waals surface area contributed by atoms with Crippen molar-refractivity contribution in [3.63, 3.8) is 0 Å². The van der Waals surface area contributed by atoms with Crippen LogP contribution in [0.3, 0.4) is 0 Å². The van der Waals surface area contributed by atoms with Crippen LogP contribution in [0, 0.1) is 5.92 Å². The van der Waals surface area contributed by atoms with Crippen molar-refractivity contribution in [1.82, 2.24) is 9.80 Å². The van der Waals surface area contributed by atoms with E-state index in [-0.39, 0.29) is 31.2 Å². The molecule has 0 bridgehead atoms. The molecule has 9 nitrogen and oxygen atoms in total. The maximum absolute atomic E-state index is 12.8. The first kappa shape index (κ1) is 27.0. The lowest BCUT2D eigenvalue weighted by Gasteiger charge is -2.38. The number of carboxylic acid groups (broad SMARTS) is 1. The second-order valence-electron chi connectivity index (χ2n) is 8.49. The summed E-state index contributed by atoms with van der Waals surface area (Å²) in [6, 6.07) is 12.7. The molecule has 10 heteroatoms.